The lowest BCUT2D eigenvalue weighted by Gasteiger charge is -2.09. The molecule has 2 N–H and O–H groups in total. The summed E-state index contributed by atoms with van der Waals surface area (Å²) in [6.07, 6.45) is 3.25. The van der Waals surface area contributed by atoms with Crippen LogP contribution >= 0.6 is 11.6 Å². The molecule has 0 radical (unpaired) electrons. The number of carbonyl (C=O) groups excluding carboxylic acids is 1. The molecule has 0 aliphatic heterocycles. The van der Waals surface area contributed by atoms with Crippen LogP contribution in [0.25, 0.3) is 0 Å². The van der Waals surface area contributed by atoms with E-state index < -0.39 is 15.9 Å². The molecule has 0 unspecified atom stereocenters. The van der Waals surface area contributed by atoms with Crippen molar-refractivity contribution in [2.45, 2.75) is 11.8 Å². The maximum atomic E-state index is 12.6. The number of sulfonamides is 1. The van der Waals surface area contributed by atoms with Crippen molar-refractivity contribution in [3.63, 3.8) is 0 Å². The van der Waals surface area contributed by atoms with Gasteiger partial charge in [0.15, 0.2) is 0 Å². The van der Waals surface area contributed by atoms with E-state index >= 15 is 0 Å². The molecule has 2 aromatic carbocycles. The number of amides is 1. The van der Waals surface area contributed by atoms with Gasteiger partial charge in [-0.05, 0) is 61.5 Å². The van der Waals surface area contributed by atoms with Gasteiger partial charge in [-0.1, -0.05) is 17.7 Å². The predicted molar refractivity (Wildman–Crippen MR) is 113 cm³/mol. The molecule has 0 spiro atoms. The van der Waals surface area contributed by atoms with Gasteiger partial charge < -0.3 is 0 Å². The first-order valence-electron chi connectivity index (χ1n) is 8.49. The number of hydrogen-bond acceptors (Lipinski definition) is 5. The molecule has 0 saturated heterocycles. The van der Waals surface area contributed by atoms with E-state index in [-0.39, 0.29) is 10.5 Å². The predicted octanol–water partition coefficient (Wildman–Crippen LogP) is 3.69. The van der Waals surface area contributed by atoms with Gasteiger partial charge in [-0.25, -0.2) is 13.8 Å². The largest absolute Gasteiger partial charge is 0.280 e. The summed E-state index contributed by atoms with van der Waals surface area (Å²) in [5, 5.41) is 4.54. The molecule has 0 aliphatic carbocycles. The van der Waals surface area contributed by atoms with Crippen LogP contribution in [0.5, 0.6) is 0 Å². The summed E-state index contributed by atoms with van der Waals surface area (Å²) < 4.78 is 27.7. The third-order valence-corrected chi connectivity index (χ3v) is 5.56. The molecule has 9 heteroatoms. The summed E-state index contributed by atoms with van der Waals surface area (Å²) in [5.74, 6) is -0.526. The number of hydrazone groups is 1. The zero-order chi connectivity index (χ0) is 20.9. The van der Waals surface area contributed by atoms with Crippen molar-refractivity contribution >= 4 is 38.9 Å². The van der Waals surface area contributed by atoms with Gasteiger partial charge >= 0.3 is 0 Å². The van der Waals surface area contributed by atoms with E-state index in [0.717, 1.165) is 5.56 Å². The summed E-state index contributed by atoms with van der Waals surface area (Å²) in [6, 6.07) is 15.5. The maximum Gasteiger partial charge on any atom is 0.271 e. The Morgan fingerprint density at radius 3 is 2.38 bits per heavy atom. The van der Waals surface area contributed by atoms with Crippen LogP contribution in [-0.4, -0.2) is 25.0 Å². The molecule has 148 valence electrons. The monoisotopic (exact) mass is 428 g/mol. The number of carbonyl (C=O) groups is 1. The highest BCUT2D eigenvalue weighted by Gasteiger charge is 2.16. The van der Waals surface area contributed by atoms with E-state index in [4.69, 9.17) is 11.6 Å². The molecule has 1 amide bonds. The van der Waals surface area contributed by atoms with Crippen LogP contribution in [0, 0.1) is 0 Å². The molecular formula is C20H17ClN4O3S. The first-order chi connectivity index (χ1) is 13.8. The van der Waals surface area contributed by atoms with E-state index in [1.807, 2.05) is 0 Å². The lowest BCUT2D eigenvalue weighted by atomic mass is 10.2. The zero-order valence-electron chi connectivity index (χ0n) is 15.3. The zero-order valence-corrected chi connectivity index (χ0v) is 16.9. The van der Waals surface area contributed by atoms with Crippen molar-refractivity contribution in [1.82, 2.24) is 10.4 Å². The van der Waals surface area contributed by atoms with Crippen LogP contribution in [0.4, 0.5) is 5.69 Å². The molecule has 1 heterocycles. The van der Waals surface area contributed by atoms with Crippen LogP contribution in [-0.2, 0) is 10.0 Å². The van der Waals surface area contributed by atoms with Crippen LogP contribution < -0.4 is 10.1 Å². The Morgan fingerprint density at radius 2 is 1.69 bits per heavy atom. The van der Waals surface area contributed by atoms with E-state index in [2.05, 4.69) is 20.2 Å². The quantitative estimate of drug-likeness (QED) is 0.461. The van der Waals surface area contributed by atoms with Crippen molar-refractivity contribution in [3.8, 4) is 0 Å². The Balaban J connectivity index is 1.76. The van der Waals surface area contributed by atoms with E-state index in [1.54, 1.807) is 55.7 Å². The second-order valence-electron chi connectivity index (χ2n) is 6.01. The lowest BCUT2D eigenvalue weighted by molar-refractivity contribution is 0.0954. The molecule has 29 heavy (non-hydrogen) atoms. The molecule has 1 aromatic heterocycles. The number of halogens is 1. The highest BCUT2D eigenvalue weighted by Crippen LogP contribution is 2.19. The molecular weight excluding hydrogens is 412 g/mol. The molecule has 0 aliphatic rings. The molecule has 7 nitrogen and oxygen atoms in total. The van der Waals surface area contributed by atoms with Gasteiger partial charge in [0.05, 0.1) is 10.6 Å². The fourth-order valence-corrected chi connectivity index (χ4v) is 3.62. The van der Waals surface area contributed by atoms with E-state index in [0.29, 0.717) is 16.4 Å². The summed E-state index contributed by atoms with van der Waals surface area (Å²) in [7, 11) is -3.87. The molecule has 0 atom stereocenters. The second-order valence-corrected chi connectivity index (χ2v) is 8.13. The normalized spacial score (nSPS) is 11.7. The van der Waals surface area contributed by atoms with Crippen LogP contribution in [0.2, 0.25) is 5.02 Å². The number of nitrogens with one attached hydrogen (secondary N) is 2. The summed E-state index contributed by atoms with van der Waals surface area (Å²) >= 11 is 5.81. The SMILES string of the molecule is C/C(=N\NC(=O)c1cccc(S(=O)(=O)Nc2ccc(Cl)cc2)c1)c1ccncc1. The molecule has 0 bridgehead atoms. The molecule has 0 fully saturated rings. The summed E-state index contributed by atoms with van der Waals surface area (Å²) in [6.45, 7) is 1.74. The van der Waals surface area contributed by atoms with Gasteiger partial charge in [-0.2, -0.15) is 5.10 Å². The summed E-state index contributed by atoms with van der Waals surface area (Å²) in [5.41, 5.74) is 4.36. The van der Waals surface area contributed by atoms with Crippen molar-refractivity contribution in [2.24, 2.45) is 5.10 Å². The summed E-state index contributed by atoms with van der Waals surface area (Å²) in [4.78, 5) is 16.3. The third-order valence-electron chi connectivity index (χ3n) is 3.93. The minimum absolute atomic E-state index is 0.0464. The number of rotatable bonds is 6. The first kappa shape index (κ1) is 20.5. The minimum Gasteiger partial charge on any atom is -0.280 e. The Bertz CT molecular complexity index is 1150. The van der Waals surface area contributed by atoms with Crippen molar-refractivity contribution in [1.29, 1.82) is 0 Å². The fourth-order valence-electron chi connectivity index (χ4n) is 2.39. The average molecular weight is 429 g/mol. The van der Waals surface area contributed by atoms with Crippen molar-refractivity contribution in [2.75, 3.05) is 4.72 Å². The fraction of sp³-hybridized carbons (Fsp3) is 0.0500. The highest BCUT2D eigenvalue weighted by molar-refractivity contribution is 7.92. The van der Waals surface area contributed by atoms with Gasteiger partial charge in [-0.3, -0.25) is 14.5 Å². The minimum atomic E-state index is -3.87. The Kier molecular flexibility index (Phi) is 6.26. The van der Waals surface area contributed by atoms with E-state index in [1.165, 1.54) is 24.3 Å². The van der Waals surface area contributed by atoms with Gasteiger partial charge in [-0.15, -0.1) is 0 Å². The molecule has 3 rings (SSSR count). The van der Waals surface area contributed by atoms with Gasteiger partial charge in [0.25, 0.3) is 15.9 Å². The second kappa shape index (κ2) is 8.85. The van der Waals surface area contributed by atoms with Crippen LogP contribution in [0.3, 0.4) is 0 Å². The number of anilines is 1. The number of aromatic nitrogens is 1. The number of benzene rings is 2. The van der Waals surface area contributed by atoms with Crippen molar-refractivity contribution in [3.05, 3.63) is 89.2 Å². The first-order valence-corrected chi connectivity index (χ1v) is 10.3. The van der Waals surface area contributed by atoms with Gasteiger partial charge in [0.2, 0.25) is 0 Å². The number of pyridine rings is 1. The van der Waals surface area contributed by atoms with Crippen LogP contribution in [0.1, 0.15) is 22.8 Å². The standard InChI is InChI=1S/C20H17ClN4O3S/c1-14(15-9-11-22-12-10-15)23-24-20(26)16-3-2-4-19(13-16)29(27,28)25-18-7-5-17(21)6-8-18/h2-13,25H,1H3,(H,24,26)/b23-14+. The Hall–Kier alpha value is -3.23. The third kappa shape index (κ3) is 5.40. The highest BCUT2D eigenvalue weighted by atomic mass is 35.5. The number of nitrogens with zero attached hydrogens (tertiary/aromatic N) is 2. The Labute approximate surface area is 173 Å². The maximum absolute atomic E-state index is 12.6. The smallest absolute Gasteiger partial charge is 0.271 e. The molecule has 0 saturated carbocycles. The lowest BCUT2D eigenvalue weighted by Crippen LogP contribution is -2.20. The van der Waals surface area contributed by atoms with Crippen LogP contribution in [0.15, 0.2) is 83.1 Å². The Morgan fingerprint density at radius 1 is 1.00 bits per heavy atom. The average Bonchev–Trinajstić information content (AvgIpc) is 2.74. The van der Waals surface area contributed by atoms with Gasteiger partial charge in [0.1, 0.15) is 0 Å². The van der Waals surface area contributed by atoms with Gasteiger partial charge in [0, 0.05) is 34.2 Å². The topological polar surface area (TPSA) is 101 Å². The number of hydrogen-bond donors (Lipinski definition) is 2. The van der Waals surface area contributed by atoms with Crippen molar-refractivity contribution < 1.29 is 13.2 Å². The van der Waals surface area contributed by atoms with E-state index in [9.17, 15) is 13.2 Å². The molecule has 3 aromatic rings.